The maximum atomic E-state index is 12.2. The SMILES string of the molecule is O=C(CN(C[C@H](O)c1ccccc1)C1CC1)NC[C@H]1CCCO1. The van der Waals surface area contributed by atoms with Crippen molar-refractivity contribution in [1.29, 1.82) is 0 Å². The summed E-state index contributed by atoms with van der Waals surface area (Å²) in [6, 6.07) is 10.1. The Kier molecular flexibility index (Phi) is 5.65. The fourth-order valence-corrected chi connectivity index (χ4v) is 3.06. The molecule has 2 N–H and O–H groups in total. The zero-order chi connectivity index (χ0) is 16.1. The van der Waals surface area contributed by atoms with Crippen LogP contribution in [0.4, 0.5) is 0 Å². The molecule has 2 atom stereocenters. The molecule has 5 heteroatoms. The average molecular weight is 318 g/mol. The number of amides is 1. The number of carbonyl (C=O) groups is 1. The van der Waals surface area contributed by atoms with E-state index in [-0.39, 0.29) is 12.0 Å². The maximum absolute atomic E-state index is 12.2. The first-order valence-electron chi connectivity index (χ1n) is 8.58. The summed E-state index contributed by atoms with van der Waals surface area (Å²) in [6.45, 7) is 2.25. The zero-order valence-corrected chi connectivity index (χ0v) is 13.5. The maximum Gasteiger partial charge on any atom is 0.234 e. The molecule has 2 aliphatic rings. The van der Waals surface area contributed by atoms with Crippen molar-refractivity contribution < 1.29 is 14.6 Å². The molecule has 1 aromatic carbocycles. The van der Waals surface area contributed by atoms with Crippen molar-refractivity contribution in [1.82, 2.24) is 10.2 Å². The summed E-state index contributed by atoms with van der Waals surface area (Å²) in [5.41, 5.74) is 0.901. The molecule has 0 spiro atoms. The van der Waals surface area contributed by atoms with Crippen LogP contribution < -0.4 is 5.32 Å². The van der Waals surface area contributed by atoms with Crippen molar-refractivity contribution in [2.75, 3.05) is 26.2 Å². The quantitative estimate of drug-likeness (QED) is 0.762. The molecule has 1 aliphatic carbocycles. The molecule has 1 aliphatic heterocycles. The molecule has 0 radical (unpaired) electrons. The predicted molar refractivity (Wildman–Crippen MR) is 88.0 cm³/mol. The molecular weight excluding hydrogens is 292 g/mol. The summed E-state index contributed by atoms with van der Waals surface area (Å²) in [4.78, 5) is 14.3. The fourth-order valence-electron chi connectivity index (χ4n) is 3.06. The third kappa shape index (κ3) is 5.03. The number of benzene rings is 1. The zero-order valence-electron chi connectivity index (χ0n) is 13.5. The summed E-state index contributed by atoms with van der Waals surface area (Å²) in [7, 11) is 0. The Hall–Kier alpha value is -1.43. The molecule has 2 fully saturated rings. The van der Waals surface area contributed by atoms with E-state index in [1.54, 1.807) is 0 Å². The Morgan fingerprint density at radius 1 is 1.30 bits per heavy atom. The highest BCUT2D eigenvalue weighted by atomic mass is 16.5. The predicted octanol–water partition coefficient (Wildman–Crippen LogP) is 1.48. The van der Waals surface area contributed by atoms with E-state index in [9.17, 15) is 9.90 Å². The summed E-state index contributed by atoms with van der Waals surface area (Å²) >= 11 is 0. The van der Waals surface area contributed by atoms with Gasteiger partial charge in [-0.2, -0.15) is 0 Å². The number of aliphatic hydroxyl groups excluding tert-OH is 1. The molecular formula is C18H26N2O3. The molecule has 1 saturated carbocycles. The van der Waals surface area contributed by atoms with Crippen molar-refractivity contribution in [3.05, 3.63) is 35.9 Å². The van der Waals surface area contributed by atoms with Gasteiger partial charge in [-0.05, 0) is 31.2 Å². The van der Waals surface area contributed by atoms with Crippen molar-refractivity contribution in [2.24, 2.45) is 0 Å². The van der Waals surface area contributed by atoms with Gasteiger partial charge in [0.05, 0.1) is 18.8 Å². The van der Waals surface area contributed by atoms with Crippen molar-refractivity contribution in [3.63, 3.8) is 0 Å². The van der Waals surface area contributed by atoms with Crippen LogP contribution in [0.3, 0.4) is 0 Å². The first-order valence-corrected chi connectivity index (χ1v) is 8.58. The molecule has 126 valence electrons. The minimum absolute atomic E-state index is 0.0210. The smallest absolute Gasteiger partial charge is 0.234 e. The topological polar surface area (TPSA) is 61.8 Å². The van der Waals surface area contributed by atoms with Crippen LogP contribution in [0.1, 0.15) is 37.4 Å². The lowest BCUT2D eigenvalue weighted by Crippen LogP contribution is -2.42. The van der Waals surface area contributed by atoms with E-state index in [0.717, 1.165) is 37.9 Å². The number of carbonyl (C=O) groups excluding carboxylic acids is 1. The van der Waals surface area contributed by atoms with Crippen LogP contribution in [-0.4, -0.2) is 54.3 Å². The van der Waals surface area contributed by atoms with Crippen molar-refractivity contribution in [2.45, 2.75) is 43.9 Å². The standard InChI is InChI=1S/C18H26N2O3/c21-17(14-5-2-1-3-6-14)12-20(15-8-9-15)13-18(22)19-11-16-7-4-10-23-16/h1-3,5-6,15-17,21H,4,7-13H2,(H,19,22)/t16-,17+/m1/s1. The van der Waals surface area contributed by atoms with Gasteiger partial charge in [-0.3, -0.25) is 9.69 Å². The monoisotopic (exact) mass is 318 g/mol. The molecule has 0 bridgehead atoms. The van der Waals surface area contributed by atoms with Gasteiger partial charge in [0, 0.05) is 25.7 Å². The molecule has 1 heterocycles. The number of rotatable bonds is 8. The van der Waals surface area contributed by atoms with Crippen LogP contribution in [0.5, 0.6) is 0 Å². The van der Waals surface area contributed by atoms with Crippen LogP contribution in [0.25, 0.3) is 0 Å². The van der Waals surface area contributed by atoms with E-state index in [1.807, 2.05) is 30.3 Å². The largest absolute Gasteiger partial charge is 0.387 e. The van der Waals surface area contributed by atoms with Gasteiger partial charge < -0.3 is 15.2 Å². The van der Waals surface area contributed by atoms with Gasteiger partial charge in [0.1, 0.15) is 0 Å². The molecule has 0 unspecified atom stereocenters. The van der Waals surface area contributed by atoms with Gasteiger partial charge in [0.2, 0.25) is 5.91 Å². The summed E-state index contributed by atoms with van der Waals surface area (Å²) in [5.74, 6) is 0.0210. The van der Waals surface area contributed by atoms with E-state index in [2.05, 4.69) is 10.2 Å². The highest BCUT2D eigenvalue weighted by Gasteiger charge is 2.32. The van der Waals surface area contributed by atoms with Crippen LogP contribution in [0.2, 0.25) is 0 Å². The van der Waals surface area contributed by atoms with Gasteiger partial charge in [-0.1, -0.05) is 30.3 Å². The van der Waals surface area contributed by atoms with Gasteiger partial charge >= 0.3 is 0 Å². The molecule has 3 rings (SSSR count). The molecule has 1 aromatic rings. The minimum atomic E-state index is -0.553. The summed E-state index contributed by atoms with van der Waals surface area (Å²) < 4.78 is 5.52. The van der Waals surface area contributed by atoms with Crippen LogP contribution in [0.15, 0.2) is 30.3 Å². The molecule has 0 aromatic heterocycles. The highest BCUT2D eigenvalue weighted by molar-refractivity contribution is 5.78. The van der Waals surface area contributed by atoms with Gasteiger partial charge in [0.25, 0.3) is 0 Å². The number of hydrogen-bond donors (Lipinski definition) is 2. The highest BCUT2D eigenvalue weighted by Crippen LogP contribution is 2.28. The van der Waals surface area contributed by atoms with E-state index in [4.69, 9.17) is 4.74 Å². The summed E-state index contributed by atoms with van der Waals surface area (Å²) in [5, 5.41) is 13.4. The molecule has 5 nitrogen and oxygen atoms in total. The first kappa shape index (κ1) is 16.4. The van der Waals surface area contributed by atoms with E-state index < -0.39 is 6.10 Å². The van der Waals surface area contributed by atoms with Crippen LogP contribution >= 0.6 is 0 Å². The van der Waals surface area contributed by atoms with Gasteiger partial charge in [0.15, 0.2) is 0 Å². The second-order valence-corrected chi connectivity index (χ2v) is 6.53. The number of hydrogen-bond acceptors (Lipinski definition) is 4. The Morgan fingerprint density at radius 2 is 2.09 bits per heavy atom. The van der Waals surface area contributed by atoms with E-state index in [0.29, 0.717) is 25.7 Å². The number of nitrogens with zero attached hydrogens (tertiary/aromatic N) is 1. The average Bonchev–Trinajstić information content (AvgIpc) is 3.29. The second kappa shape index (κ2) is 7.90. The number of nitrogens with one attached hydrogen (secondary N) is 1. The normalized spacial score (nSPS) is 22.3. The fraction of sp³-hybridized carbons (Fsp3) is 0.611. The molecule has 1 saturated heterocycles. The van der Waals surface area contributed by atoms with Crippen LogP contribution in [0, 0.1) is 0 Å². The third-order valence-corrected chi connectivity index (χ3v) is 4.55. The van der Waals surface area contributed by atoms with Crippen molar-refractivity contribution in [3.8, 4) is 0 Å². The van der Waals surface area contributed by atoms with Crippen molar-refractivity contribution >= 4 is 5.91 Å². The molecule has 23 heavy (non-hydrogen) atoms. The summed E-state index contributed by atoms with van der Waals surface area (Å²) in [6.07, 6.45) is 3.95. The second-order valence-electron chi connectivity index (χ2n) is 6.53. The first-order chi connectivity index (χ1) is 11.2. The third-order valence-electron chi connectivity index (χ3n) is 4.55. The van der Waals surface area contributed by atoms with E-state index >= 15 is 0 Å². The minimum Gasteiger partial charge on any atom is -0.387 e. The lowest BCUT2D eigenvalue weighted by Gasteiger charge is -2.25. The Bertz CT molecular complexity index is 498. The number of aliphatic hydroxyl groups is 1. The Morgan fingerprint density at radius 3 is 2.74 bits per heavy atom. The van der Waals surface area contributed by atoms with Crippen LogP contribution in [-0.2, 0) is 9.53 Å². The lowest BCUT2D eigenvalue weighted by molar-refractivity contribution is -0.123. The molecule has 1 amide bonds. The Labute approximate surface area is 137 Å². The van der Waals surface area contributed by atoms with Gasteiger partial charge in [-0.15, -0.1) is 0 Å². The lowest BCUT2D eigenvalue weighted by atomic mass is 10.1. The number of ether oxygens (including phenoxy) is 1. The van der Waals surface area contributed by atoms with E-state index in [1.165, 1.54) is 0 Å². The Balaban J connectivity index is 1.47. The van der Waals surface area contributed by atoms with Gasteiger partial charge in [-0.25, -0.2) is 0 Å².